The van der Waals surface area contributed by atoms with Crippen molar-refractivity contribution in [1.29, 1.82) is 0 Å². The smallest absolute Gasteiger partial charge is 0.416 e. The summed E-state index contributed by atoms with van der Waals surface area (Å²) >= 11 is 2.26. The summed E-state index contributed by atoms with van der Waals surface area (Å²) in [6.45, 7) is 19.3. The van der Waals surface area contributed by atoms with E-state index < -0.39 is 20.0 Å². The van der Waals surface area contributed by atoms with Crippen molar-refractivity contribution < 1.29 is 18.7 Å². The number of halogens is 1. The molecule has 0 saturated carbocycles. The SMILES string of the molecule is CC[C@H]1O[C@@H](n2cnc3c(N(Cc4ccc(I)cc4)C(=O)OC(C)(C)C)ncnc32)CC1O[Si](C)(C)C(C)(C)C. The molecule has 1 aromatic carbocycles. The first kappa shape index (κ1) is 30.9. The third-order valence-corrected chi connectivity index (χ3v) is 12.8. The average Bonchev–Trinajstić information content (AvgIpc) is 3.45. The van der Waals surface area contributed by atoms with E-state index in [1.807, 2.05) is 49.6 Å². The molecule has 0 aliphatic carbocycles. The highest BCUT2D eigenvalue weighted by molar-refractivity contribution is 14.1. The van der Waals surface area contributed by atoms with Gasteiger partial charge >= 0.3 is 6.09 Å². The number of amides is 1. The number of hydrogen-bond acceptors (Lipinski definition) is 7. The Hall–Kier alpha value is -2.09. The Morgan fingerprint density at radius 3 is 2.40 bits per heavy atom. The molecule has 1 fully saturated rings. The van der Waals surface area contributed by atoms with Crippen LogP contribution in [0.25, 0.3) is 11.2 Å². The summed E-state index contributed by atoms with van der Waals surface area (Å²) < 4.78 is 22.1. The molecule has 218 valence electrons. The molecule has 1 aliphatic heterocycles. The summed E-state index contributed by atoms with van der Waals surface area (Å²) in [5.74, 6) is 0.399. The van der Waals surface area contributed by atoms with Gasteiger partial charge in [-0.25, -0.2) is 19.7 Å². The highest BCUT2D eigenvalue weighted by Gasteiger charge is 2.45. The summed E-state index contributed by atoms with van der Waals surface area (Å²) in [6.07, 6.45) is 3.96. The monoisotopic (exact) mass is 679 g/mol. The van der Waals surface area contributed by atoms with Gasteiger partial charge < -0.3 is 13.9 Å². The number of nitrogens with zero attached hydrogens (tertiary/aromatic N) is 5. The molecule has 1 saturated heterocycles. The fourth-order valence-corrected chi connectivity index (χ4v) is 6.19. The number of benzene rings is 1. The molecule has 1 amide bonds. The number of ether oxygens (including phenoxy) is 2. The minimum Gasteiger partial charge on any atom is -0.443 e. The van der Waals surface area contributed by atoms with E-state index in [0.717, 1.165) is 15.6 Å². The number of rotatable bonds is 7. The van der Waals surface area contributed by atoms with Gasteiger partial charge in [-0.15, -0.1) is 0 Å². The Kier molecular flexibility index (Phi) is 8.99. The minimum absolute atomic E-state index is 0.00575. The molecule has 3 atom stereocenters. The van der Waals surface area contributed by atoms with E-state index >= 15 is 0 Å². The maximum absolute atomic E-state index is 13.4. The Morgan fingerprint density at radius 1 is 1.12 bits per heavy atom. The number of anilines is 1. The number of carbonyl (C=O) groups excluding carboxylic acids is 1. The Morgan fingerprint density at radius 2 is 1.80 bits per heavy atom. The molecule has 0 spiro atoms. The van der Waals surface area contributed by atoms with Crippen LogP contribution in [0, 0.1) is 3.57 Å². The largest absolute Gasteiger partial charge is 0.443 e. The van der Waals surface area contributed by atoms with Crippen LogP contribution < -0.4 is 4.90 Å². The first-order valence-electron chi connectivity index (χ1n) is 13.9. The molecule has 1 aliphatic rings. The highest BCUT2D eigenvalue weighted by Crippen LogP contribution is 2.42. The molecule has 2 aromatic heterocycles. The molecule has 3 aromatic rings. The fraction of sp³-hybridized carbons (Fsp3) is 0.586. The summed E-state index contributed by atoms with van der Waals surface area (Å²) in [5.41, 5.74) is 1.41. The molecule has 0 radical (unpaired) electrons. The van der Waals surface area contributed by atoms with Crippen LogP contribution in [0.15, 0.2) is 36.9 Å². The average molecular weight is 680 g/mol. The lowest BCUT2D eigenvalue weighted by molar-refractivity contribution is -0.0162. The molecule has 40 heavy (non-hydrogen) atoms. The van der Waals surface area contributed by atoms with E-state index in [0.29, 0.717) is 23.4 Å². The van der Waals surface area contributed by atoms with Crippen LogP contribution in [0.3, 0.4) is 0 Å². The lowest BCUT2D eigenvalue weighted by atomic mass is 10.1. The van der Waals surface area contributed by atoms with Crippen molar-refractivity contribution in [2.24, 2.45) is 0 Å². The molecular formula is C29H42IN5O4Si. The van der Waals surface area contributed by atoms with Crippen molar-refractivity contribution in [3.8, 4) is 0 Å². The molecule has 1 unspecified atom stereocenters. The minimum atomic E-state index is -1.98. The highest BCUT2D eigenvalue weighted by atomic mass is 127. The van der Waals surface area contributed by atoms with Gasteiger partial charge in [-0.3, -0.25) is 9.47 Å². The third-order valence-electron chi connectivity index (χ3n) is 7.61. The van der Waals surface area contributed by atoms with E-state index in [1.165, 1.54) is 11.2 Å². The van der Waals surface area contributed by atoms with Crippen LogP contribution in [0.1, 0.15) is 73.1 Å². The van der Waals surface area contributed by atoms with Gasteiger partial charge in [0.15, 0.2) is 25.3 Å². The number of fused-ring (bicyclic) bond motifs is 1. The van der Waals surface area contributed by atoms with Gasteiger partial charge in [0, 0.05) is 9.99 Å². The molecule has 0 bridgehead atoms. The van der Waals surface area contributed by atoms with Gasteiger partial charge in [0.1, 0.15) is 18.2 Å². The van der Waals surface area contributed by atoms with Crippen LogP contribution in [-0.2, 0) is 20.4 Å². The molecule has 9 nitrogen and oxygen atoms in total. The third kappa shape index (κ3) is 6.85. The Bertz CT molecular complexity index is 1330. The van der Waals surface area contributed by atoms with Crippen molar-refractivity contribution in [1.82, 2.24) is 19.5 Å². The predicted octanol–water partition coefficient (Wildman–Crippen LogP) is 7.46. The molecule has 11 heteroatoms. The van der Waals surface area contributed by atoms with Gasteiger partial charge in [-0.1, -0.05) is 39.8 Å². The van der Waals surface area contributed by atoms with Gasteiger partial charge in [-0.05, 0) is 85.6 Å². The number of aromatic nitrogens is 4. The maximum atomic E-state index is 13.4. The quantitative estimate of drug-likeness (QED) is 0.189. The van der Waals surface area contributed by atoms with Gasteiger partial charge in [0.25, 0.3) is 0 Å². The van der Waals surface area contributed by atoms with Crippen LogP contribution in [0.4, 0.5) is 10.6 Å². The second-order valence-corrected chi connectivity index (χ2v) is 18.9. The standard InChI is InChI=1S/C29H42IN5O4Si/c1-10-21-22(39-40(8,9)29(5,6)7)15-23(37-21)35-18-33-24-25(31-17-32-26(24)35)34(27(36)38-28(2,3)4)16-19-11-13-20(30)14-12-19/h11-14,17-18,21-23H,10,15-16H2,1-9H3/t21-,22?,23-/m1/s1. The Balaban J connectivity index is 1.67. The van der Waals surface area contributed by atoms with Crippen LogP contribution in [-0.4, -0.2) is 51.7 Å². The second-order valence-electron chi connectivity index (χ2n) is 12.9. The van der Waals surface area contributed by atoms with Crippen molar-refractivity contribution in [3.63, 3.8) is 0 Å². The van der Waals surface area contributed by atoms with Crippen LogP contribution in [0.5, 0.6) is 0 Å². The summed E-state index contributed by atoms with van der Waals surface area (Å²) in [6, 6.07) is 8.01. The zero-order chi connectivity index (χ0) is 29.5. The van der Waals surface area contributed by atoms with E-state index in [9.17, 15) is 4.79 Å². The first-order chi connectivity index (χ1) is 18.6. The van der Waals surface area contributed by atoms with Crippen molar-refractivity contribution in [2.45, 2.75) is 110 Å². The van der Waals surface area contributed by atoms with Crippen LogP contribution >= 0.6 is 22.6 Å². The van der Waals surface area contributed by atoms with Gasteiger partial charge in [0.05, 0.1) is 25.1 Å². The lowest BCUT2D eigenvalue weighted by Gasteiger charge is -2.39. The van der Waals surface area contributed by atoms with Crippen molar-refractivity contribution >= 4 is 54.0 Å². The van der Waals surface area contributed by atoms with Crippen molar-refractivity contribution in [3.05, 3.63) is 46.1 Å². The predicted molar refractivity (Wildman–Crippen MR) is 168 cm³/mol. The number of imidazole rings is 1. The molecule has 3 heterocycles. The molecule has 0 N–H and O–H groups in total. The number of hydrogen-bond donors (Lipinski definition) is 0. The van der Waals surface area contributed by atoms with Gasteiger partial charge in [-0.2, -0.15) is 0 Å². The van der Waals surface area contributed by atoms with E-state index in [2.05, 4.69) is 78.3 Å². The summed E-state index contributed by atoms with van der Waals surface area (Å²) in [7, 11) is -1.98. The zero-order valence-corrected chi connectivity index (χ0v) is 28.2. The van der Waals surface area contributed by atoms with Crippen LogP contribution in [0.2, 0.25) is 18.1 Å². The molecular weight excluding hydrogens is 637 g/mol. The zero-order valence-electron chi connectivity index (χ0n) is 25.1. The van der Waals surface area contributed by atoms with E-state index in [4.69, 9.17) is 13.9 Å². The topological polar surface area (TPSA) is 91.6 Å². The van der Waals surface area contributed by atoms with Crippen molar-refractivity contribution in [2.75, 3.05) is 4.90 Å². The maximum Gasteiger partial charge on any atom is 0.416 e. The molecule has 4 rings (SSSR count). The first-order valence-corrected chi connectivity index (χ1v) is 17.8. The number of carbonyl (C=O) groups is 1. The van der Waals surface area contributed by atoms with E-state index in [1.54, 1.807) is 6.33 Å². The summed E-state index contributed by atoms with van der Waals surface area (Å²) in [4.78, 5) is 28.7. The lowest BCUT2D eigenvalue weighted by Crippen LogP contribution is -2.45. The normalized spacial score (nSPS) is 20.2. The fourth-order valence-electron chi connectivity index (χ4n) is 4.48. The second kappa shape index (κ2) is 11.7. The van der Waals surface area contributed by atoms with Gasteiger partial charge in [0.2, 0.25) is 0 Å². The van der Waals surface area contributed by atoms with E-state index in [-0.39, 0.29) is 30.0 Å². The summed E-state index contributed by atoms with van der Waals surface area (Å²) in [5, 5.41) is 0.107. The Labute approximate surface area is 252 Å².